The molecular weight excluding hydrogens is 1080 g/mol. The molecular formula is C57H55Br2NO2S6. The predicted molar refractivity (Wildman–Crippen MR) is 309 cm³/mol. The monoisotopic (exact) mass is 1140 g/mol. The Morgan fingerprint density at radius 1 is 0.441 bits per heavy atom. The van der Waals surface area contributed by atoms with Gasteiger partial charge in [-0.3, -0.25) is 14.5 Å². The average Bonchev–Trinajstić information content (AvgIpc) is 4.24. The molecule has 11 heteroatoms. The Balaban J connectivity index is 1.15. The van der Waals surface area contributed by atoms with E-state index in [0.717, 1.165) is 74.6 Å². The molecule has 0 radical (unpaired) electrons. The van der Waals surface area contributed by atoms with Crippen LogP contribution in [0.15, 0.2) is 97.1 Å². The van der Waals surface area contributed by atoms with Crippen molar-refractivity contribution in [1.82, 2.24) is 4.90 Å². The van der Waals surface area contributed by atoms with Crippen molar-refractivity contribution in [2.45, 2.75) is 103 Å². The number of hydrogen-bond donors (Lipinski definition) is 0. The van der Waals surface area contributed by atoms with Gasteiger partial charge in [0.05, 0.1) is 15.1 Å². The summed E-state index contributed by atoms with van der Waals surface area (Å²) in [6.45, 7) is 2.69. The van der Waals surface area contributed by atoms with E-state index >= 15 is 0 Å². The Kier molecular flexibility index (Phi) is 16.0. The zero-order valence-corrected chi connectivity index (χ0v) is 46.5. The van der Waals surface area contributed by atoms with Gasteiger partial charge in [0.25, 0.3) is 11.8 Å². The van der Waals surface area contributed by atoms with E-state index < -0.39 is 0 Å². The predicted octanol–water partition coefficient (Wildman–Crippen LogP) is 20.4. The number of carbonyl (C=O) groups is 2. The number of unbranched alkanes of at least 4 members (excludes halogenated alkanes) is 10. The molecule has 0 saturated heterocycles. The van der Waals surface area contributed by atoms with Gasteiger partial charge in [-0.15, -0.1) is 68.0 Å². The lowest BCUT2D eigenvalue weighted by Gasteiger charge is -2.13. The van der Waals surface area contributed by atoms with Crippen molar-refractivity contribution in [2.75, 3.05) is 17.2 Å². The first-order valence-corrected chi connectivity index (χ1v) is 31.5. The lowest BCUT2D eigenvalue weighted by Crippen LogP contribution is -2.30. The number of alkyl halides is 2. The van der Waals surface area contributed by atoms with E-state index in [1.54, 1.807) is 11.3 Å². The highest BCUT2D eigenvalue weighted by atomic mass is 79.9. The van der Waals surface area contributed by atoms with E-state index in [2.05, 4.69) is 130 Å². The Hall–Kier alpha value is -3.26. The highest BCUT2D eigenvalue weighted by Gasteiger charge is 2.41. The molecule has 7 heterocycles. The molecule has 0 unspecified atom stereocenters. The zero-order valence-electron chi connectivity index (χ0n) is 38.4. The van der Waals surface area contributed by atoms with E-state index in [1.165, 1.54) is 140 Å². The third-order valence-electron chi connectivity index (χ3n) is 13.1. The second-order valence-corrected chi connectivity index (χ2v) is 25.9. The van der Waals surface area contributed by atoms with Crippen molar-refractivity contribution >= 4 is 142 Å². The number of benzene rings is 3. The average molecular weight is 1140 g/mol. The van der Waals surface area contributed by atoms with Crippen LogP contribution in [0.1, 0.15) is 120 Å². The van der Waals surface area contributed by atoms with E-state index in [-0.39, 0.29) is 11.8 Å². The molecule has 350 valence electrons. The standard InChI is InChI=1S/C57H55Br2NO2S6/c1-2-3-4-9-20-33-60-56(61)49-48-50(37-23-14-11-15-24-37)67-53(54(48)68-55(49)57(60)62)45-35-41-47(43-30-28-39(64-43)26-17-6-8-19-32-59)51-40(34-44(65-51)36-21-12-10-13-22-36)46(52(41)66-45)42-29-27-38(63-42)25-16-5-7-18-31-58/h10-15,21-24,27-30,34-35H,2-9,16-20,25-26,31-33H2,1H3. The van der Waals surface area contributed by atoms with Gasteiger partial charge >= 0.3 is 0 Å². The molecule has 0 fully saturated rings. The van der Waals surface area contributed by atoms with Crippen molar-refractivity contribution in [1.29, 1.82) is 0 Å². The normalized spacial score (nSPS) is 12.8. The van der Waals surface area contributed by atoms with Gasteiger partial charge in [0.1, 0.15) is 4.88 Å². The molecule has 1 aliphatic heterocycles. The van der Waals surface area contributed by atoms with Gasteiger partial charge in [-0.1, -0.05) is 151 Å². The molecule has 0 saturated carbocycles. The Morgan fingerprint density at radius 3 is 1.59 bits per heavy atom. The van der Waals surface area contributed by atoms with Gasteiger partial charge in [0.15, 0.2) is 0 Å². The largest absolute Gasteiger partial charge is 0.274 e. The number of rotatable bonds is 23. The number of carbonyl (C=O) groups excluding carboxylic acids is 2. The number of nitrogens with zero attached hydrogens (tertiary/aromatic N) is 1. The van der Waals surface area contributed by atoms with Crippen LogP contribution in [0, 0.1) is 0 Å². The summed E-state index contributed by atoms with van der Waals surface area (Å²) in [5.74, 6) is -0.253. The molecule has 0 atom stereocenters. The number of imide groups is 1. The van der Waals surface area contributed by atoms with Crippen LogP contribution in [0.5, 0.6) is 0 Å². The summed E-state index contributed by atoms with van der Waals surface area (Å²) in [4.78, 5) is 41.1. The van der Waals surface area contributed by atoms with Crippen LogP contribution in [0.4, 0.5) is 0 Å². The summed E-state index contributed by atoms with van der Waals surface area (Å²) in [6, 6.07) is 35.9. The van der Waals surface area contributed by atoms with Crippen LogP contribution in [0.25, 0.3) is 81.8 Å². The molecule has 1 aliphatic rings. The number of halogens is 2. The molecule has 9 aromatic rings. The highest BCUT2D eigenvalue weighted by molar-refractivity contribution is 9.09. The maximum Gasteiger partial charge on any atom is 0.271 e. The van der Waals surface area contributed by atoms with Crippen LogP contribution < -0.4 is 0 Å². The summed E-state index contributed by atoms with van der Waals surface area (Å²) in [6.07, 6.45) is 17.5. The minimum absolute atomic E-state index is 0.125. The number of amides is 2. The van der Waals surface area contributed by atoms with Gasteiger partial charge in [-0.2, -0.15) is 0 Å². The van der Waals surface area contributed by atoms with E-state index in [9.17, 15) is 9.59 Å². The summed E-state index contributed by atoms with van der Waals surface area (Å²) in [7, 11) is 0. The number of aryl methyl sites for hydroxylation is 2. The van der Waals surface area contributed by atoms with Gasteiger partial charge < -0.3 is 0 Å². The summed E-state index contributed by atoms with van der Waals surface area (Å²) >= 11 is 18.3. The second kappa shape index (κ2) is 22.4. The molecule has 3 aromatic carbocycles. The highest BCUT2D eigenvalue weighted by Crippen LogP contribution is 2.58. The lowest BCUT2D eigenvalue weighted by atomic mass is 9.99. The molecule has 6 aromatic heterocycles. The zero-order chi connectivity index (χ0) is 46.6. The summed E-state index contributed by atoms with van der Waals surface area (Å²) < 4.78 is 3.71. The van der Waals surface area contributed by atoms with E-state index in [4.69, 9.17) is 0 Å². The molecule has 68 heavy (non-hydrogen) atoms. The fraction of sp³-hybridized carbons (Fsp3) is 0.333. The van der Waals surface area contributed by atoms with Crippen molar-refractivity contribution in [3.63, 3.8) is 0 Å². The van der Waals surface area contributed by atoms with Crippen LogP contribution in [-0.4, -0.2) is 33.9 Å². The van der Waals surface area contributed by atoms with Crippen molar-refractivity contribution < 1.29 is 9.59 Å². The van der Waals surface area contributed by atoms with Crippen LogP contribution >= 0.6 is 99.9 Å². The van der Waals surface area contributed by atoms with Crippen LogP contribution in [0.3, 0.4) is 0 Å². The smallest absolute Gasteiger partial charge is 0.271 e. The molecule has 0 bridgehead atoms. The molecule has 0 aliphatic carbocycles. The Bertz CT molecular complexity index is 3080. The first-order valence-electron chi connectivity index (χ1n) is 24.4. The second-order valence-electron chi connectivity index (χ2n) is 17.9. The van der Waals surface area contributed by atoms with Gasteiger partial charge in [-0.05, 0) is 92.5 Å². The number of hydrogen-bond acceptors (Lipinski definition) is 8. The van der Waals surface area contributed by atoms with E-state index in [0.29, 0.717) is 17.0 Å². The minimum atomic E-state index is -0.128. The fourth-order valence-electron chi connectivity index (χ4n) is 9.65. The SMILES string of the molecule is CCCCCCCN1C(=O)c2sc3c(-c4cc5c(-c6ccc(CCCCCCBr)s6)c6sc(-c7ccccc7)cc6c(-c6ccc(CCCCCCBr)s6)c5s4)sc(-c4ccccc4)c3c2C1=O. The fourth-order valence-corrected chi connectivity index (χ4v) is 18.2. The summed E-state index contributed by atoms with van der Waals surface area (Å²) in [5.41, 5.74) is 5.60. The topological polar surface area (TPSA) is 37.4 Å². The van der Waals surface area contributed by atoms with Crippen molar-refractivity contribution in [3.8, 4) is 51.5 Å². The van der Waals surface area contributed by atoms with Gasteiger partial charge in [-0.25, -0.2) is 0 Å². The van der Waals surface area contributed by atoms with Crippen molar-refractivity contribution in [2.24, 2.45) is 0 Å². The third-order valence-corrected chi connectivity index (χ3v) is 21.7. The maximum atomic E-state index is 14.5. The third kappa shape index (κ3) is 9.86. The van der Waals surface area contributed by atoms with Crippen molar-refractivity contribution in [3.05, 3.63) is 117 Å². The van der Waals surface area contributed by atoms with Crippen LogP contribution in [-0.2, 0) is 12.8 Å². The molecule has 0 N–H and O–H groups in total. The molecule has 10 rings (SSSR count). The van der Waals surface area contributed by atoms with E-state index in [1.807, 2.05) is 51.4 Å². The quantitative estimate of drug-likeness (QED) is 0.0364. The summed E-state index contributed by atoms with van der Waals surface area (Å²) in [5, 5.41) is 5.71. The first-order chi connectivity index (χ1) is 33.5. The number of thiophene rings is 6. The van der Waals surface area contributed by atoms with Gasteiger partial charge in [0.2, 0.25) is 0 Å². The minimum Gasteiger partial charge on any atom is -0.274 e. The molecule has 0 spiro atoms. The number of fused-ring (bicyclic) bond motifs is 5. The Morgan fingerprint density at radius 2 is 0.985 bits per heavy atom. The molecule has 2 amide bonds. The Labute approximate surface area is 441 Å². The maximum absolute atomic E-state index is 14.5. The first kappa shape index (κ1) is 48.4. The lowest BCUT2D eigenvalue weighted by molar-refractivity contribution is 0.0653. The van der Waals surface area contributed by atoms with Gasteiger partial charge in [0, 0.05) is 88.0 Å². The van der Waals surface area contributed by atoms with Crippen LogP contribution in [0.2, 0.25) is 0 Å². The molecule has 3 nitrogen and oxygen atoms in total.